The first kappa shape index (κ1) is 11.9. The summed E-state index contributed by atoms with van der Waals surface area (Å²) in [7, 11) is 0. The summed E-state index contributed by atoms with van der Waals surface area (Å²) in [6, 6.07) is 0. The SMILES string of the molecule is CC(C)CP(=S)(Cl)CC(C)C. The Morgan fingerprint density at radius 3 is 1.55 bits per heavy atom. The molecular weight excluding hydrogens is 195 g/mol. The van der Waals surface area contributed by atoms with Gasteiger partial charge in [0, 0.05) is 5.39 Å². The Morgan fingerprint density at radius 1 is 1.09 bits per heavy atom. The summed E-state index contributed by atoms with van der Waals surface area (Å²) in [5.74, 6) is 1.30. The van der Waals surface area contributed by atoms with Crippen LogP contribution in [-0.4, -0.2) is 12.3 Å². The van der Waals surface area contributed by atoms with E-state index in [1.807, 2.05) is 0 Å². The van der Waals surface area contributed by atoms with Crippen LogP contribution in [0.1, 0.15) is 27.7 Å². The van der Waals surface area contributed by atoms with Crippen molar-refractivity contribution in [2.24, 2.45) is 11.8 Å². The largest absolute Gasteiger partial charge is 0.0856 e. The zero-order valence-corrected chi connectivity index (χ0v) is 10.3. The maximum atomic E-state index is 6.25. The van der Waals surface area contributed by atoms with Crippen LogP contribution in [0.25, 0.3) is 0 Å². The molecule has 0 aromatic rings. The molecule has 0 radical (unpaired) electrons. The van der Waals surface area contributed by atoms with Gasteiger partial charge in [0.2, 0.25) is 0 Å². The van der Waals surface area contributed by atoms with E-state index in [9.17, 15) is 0 Å². The van der Waals surface area contributed by atoms with E-state index >= 15 is 0 Å². The van der Waals surface area contributed by atoms with E-state index in [2.05, 4.69) is 27.7 Å². The lowest BCUT2D eigenvalue weighted by Crippen LogP contribution is -2.01. The van der Waals surface area contributed by atoms with Crippen LogP contribution in [0, 0.1) is 11.8 Å². The van der Waals surface area contributed by atoms with Crippen molar-refractivity contribution in [2.75, 3.05) is 12.3 Å². The average Bonchev–Trinajstić information content (AvgIpc) is 1.53. The molecule has 0 fully saturated rings. The van der Waals surface area contributed by atoms with Crippen molar-refractivity contribution in [1.29, 1.82) is 0 Å². The standard InChI is InChI=1S/C8H18ClPS/c1-7(2)5-10(9,11)6-8(3)4/h7-8H,5-6H2,1-4H3. The first-order chi connectivity index (χ1) is 4.83. The van der Waals surface area contributed by atoms with Gasteiger partial charge in [0.1, 0.15) is 0 Å². The zero-order valence-electron chi connectivity index (χ0n) is 7.80. The monoisotopic (exact) mass is 212 g/mol. The van der Waals surface area contributed by atoms with Crippen LogP contribution < -0.4 is 0 Å². The highest BCUT2D eigenvalue weighted by Crippen LogP contribution is 2.54. The molecule has 0 atom stereocenters. The van der Waals surface area contributed by atoms with Gasteiger partial charge in [-0.1, -0.05) is 50.7 Å². The van der Waals surface area contributed by atoms with Gasteiger partial charge in [-0.05, 0) is 24.2 Å². The number of halogens is 1. The first-order valence-corrected chi connectivity index (χ1v) is 8.19. The normalized spacial score (nSPS) is 13.0. The molecule has 0 heterocycles. The van der Waals surface area contributed by atoms with E-state index in [0.717, 1.165) is 12.3 Å². The average molecular weight is 213 g/mol. The Hall–Kier alpha value is 0.940. The van der Waals surface area contributed by atoms with Gasteiger partial charge in [-0.15, -0.1) is 0 Å². The van der Waals surface area contributed by atoms with E-state index in [1.54, 1.807) is 0 Å². The molecule has 0 spiro atoms. The maximum absolute atomic E-state index is 6.25. The summed E-state index contributed by atoms with van der Waals surface area (Å²) in [5, 5.41) is -1.50. The maximum Gasteiger partial charge on any atom is 0.0393 e. The second-order valence-corrected chi connectivity index (χ2v) is 10.9. The molecule has 0 bridgehead atoms. The summed E-state index contributed by atoms with van der Waals surface area (Å²) in [6.45, 7) is 8.74. The van der Waals surface area contributed by atoms with Crippen molar-refractivity contribution in [2.45, 2.75) is 27.7 Å². The summed E-state index contributed by atoms with van der Waals surface area (Å²) in [6.07, 6.45) is 2.09. The van der Waals surface area contributed by atoms with E-state index < -0.39 is 5.39 Å². The fourth-order valence-corrected chi connectivity index (χ4v) is 6.94. The second kappa shape index (κ2) is 4.84. The molecule has 0 saturated heterocycles. The topological polar surface area (TPSA) is 0 Å². The lowest BCUT2D eigenvalue weighted by Gasteiger charge is -2.18. The van der Waals surface area contributed by atoms with Crippen LogP contribution in [0.15, 0.2) is 0 Å². The second-order valence-electron chi connectivity index (χ2n) is 3.94. The molecule has 11 heavy (non-hydrogen) atoms. The Labute approximate surface area is 80.5 Å². The van der Waals surface area contributed by atoms with Crippen molar-refractivity contribution in [3.8, 4) is 0 Å². The van der Waals surface area contributed by atoms with Crippen molar-refractivity contribution in [1.82, 2.24) is 0 Å². The van der Waals surface area contributed by atoms with E-state index in [-0.39, 0.29) is 0 Å². The van der Waals surface area contributed by atoms with Crippen LogP contribution in [0.3, 0.4) is 0 Å². The molecule has 68 valence electrons. The molecule has 0 rings (SSSR count). The van der Waals surface area contributed by atoms with Crippen molar-refractivity contribution in [3.05, 3.63) is 0 Å². The predicted molar refractivity (Wildman–Crippen MR) is 59.5 cm³/mol. The van der Waals surface area contributed by atoms with Gasteiger partial charge < -0.3 is 0 Å². The Morgan fingerprint density at radius 2 is 1.36 bits per heavy atom. The number of hydrogen-bond acceptors (Lipinski definition) is 1. The van der Waals surface area contributed by atoms with Gasteiger partial charge in [-0.2, -0.15) is 0 Å². The van der Waals surface area contributed by atoms with Crippen LogP contribution in [0.5, 0.6) is 0 Å². The molecule has 0 amide bonds. The highest BCUT2D eigenvalue weighted by molar-refractivity contribution is 8.27. The molecule has 0 nitrogen and oxygen atoms in total. The molecule has 0 unspecified atom stereocenters. The molecule has 0 aromatic heterocycles. The number of hydrogen-bond donors (Lipinski definition) is 0. The third kappa shape index (κ3) is 7.31. The molecule has 0 N–H and O–H groups in total. The summed E-state index contributed by atoms with van der Waals surface area (Å²) >= 11 is 11.6. The minimum atomic E-state index is -1.50. The number of rotatable bonds is 4. The van der Waals surface area contributed by atoms with Crippen LogP contribution in [-0.2, 0) is 11.8 Å². The minimum absolute atomic E-state index is 0.650. The predicted octanol–water partition coefficient (Wildman–Crippen LogP) is 3.93. The van der Waals surface area contributed by atoms with Crippen molar-refractivity contribution < 1.29 is 0 Å². The Kier molecular flexibility index (Phi) is 5.26. The third-order valence-corrected chi connectivity index (χ3v) is 5.55. The lowest BCUT2D eigenvalue weighted by molar-refractivity contribution is 0.722. The van der Waals surface area contributed by atoms with E-state index in [4.69, 9.17) is 23.0 Å². The highest BCUT2D eigenvalue weighted by Gasteiger charge is 2.16. The van der Waals surface area contributed by atoms with Gasteiger partial charge >= 0.3 is 0 Å². The van der Waals surface area contributed by atoms with Crippen LogP contribution >= 0.6 is 16.6 Å². The zero-order chi connectivity index (χ0) is 9.07. The molecule has 0 aliphatic heterocycles. The molecule has 0 aliphatic rings. The van der Waals surface area contributed by atoms with Crippen LogP contribution in [0.2, 0.25) is 0 Å². The summed E-state index contributed by atoms with van der Waals surface area (Å²) in [5.41, 5.74) is 0. The summed E-state index contributed by atoms with van der Waals surface area (Å²) < 4.78 is 0. The van der Waals surface area contributed by atoms with Gasteiger partial charge in [-0.3, -0.25) is 0 Å². The van der Waals surface area contributed by atoms with E-state index in [0.29, 0.717) is 11.8 Å². The fourth-order valence-electron chi connectivity index (χ4n) is 1.17. The molecule has 0 aliphatic carbocycles. The Bertz CT molecular complexity index is 140. The van der Waals surface area contributed by atoms with Gasteiger partial charge in [0.25, 0.3) is 0 Å². The fraction of sp³-hybridized carbons (Fsp3) is 1.00. The van der Waals surface area contributed by atoms with Gasteiger partial charge in [-0.25, -0.2) is 0 Å². The van der Waals surface area contributed by atoms with Gasteiger partial charge in [0.15, 0.2) is 0 Å². The smallest absolute Gasteiger partial charge is 0.0393 e. The molecular formula is C8H18ClPS. The Balaban J connectivity index is 3.91. The third-order valence-electron chi connectivity index (χ3n) is 1.28. The lowest BCUT2D eigenvalue weighted by atomic mass is 10.3. The van der Waals surface area contributed by atoms with E-state index in [1.165, 1.54) is 0 Å². The molecule has 0 aromatic carbocycles. The summed E-state index contributed by atoms with van der Waals surface area (Å²) in [4.78, 5) is 0. The van der Waals surface area contributed by atoms with Crippen molar-refractivity contribution >= 4 is 28.4 Å². The van der Waals surface area contributed by atoms with Crippen molar-refractivity contribution in [3.63, 3.8) is 0 Å². The minimum Gasteiger partial charge on any atom is -0.0856 e. The first-order valence-electron chi connectivity index (χ1n) is 4.11. The molecule has 0 saturated carbocycles. The van der Waals surface area contributed by atoms with Gasteiger partial charge in [0.05, 0.1) is 0 Å². The quantitative estimate of drug-likeness (QED) is 0.637. The molecule has 3 heteroatoms. The van der Waals surface area contributed by atoms with Crippen LogP contribution in [0.4, 0.5) is 0 Å². The highest BCUT2D eigenvalue weighted by atomic mass is 35.7.